The van der Waals surface area contributed by atoms with Crippen molar-refractivity contribution >= 4 is 26.7 Å². The monoisotopic (exact) mass is 414 g/mol. The fraction of sp³-hybridized carbons (Fsp3) is 0.381. The summed E-state index contributed by atoms with van der Waals surface area (Å²) in [7, 11) is -0.296. The summed E-state index contributed by atoms with van der Waals surface area (Å²) in [5, 5.41) is 0. The van der Waals surface area contributed by atoms with Crippen molar-refractivity contribution in [2.75, 3.05) is 24.5 Å². The van der Waals surface area contributed by atoms with Gasteiger partial charge in [0.2, 0.25) is 10.0 Å². The highest BCUT2D eigenvalue weighted by Crippen LogP contribution is 2.26. The summed E-state index contributed by atoms with van der Waals surface area (Å²) >= 11 is 0. The number of anilines is 1. The summed E-state index contributed by atoms with van der Waals surface area (Å²) in [4.78, 5) is 14.6. The Labute approximate surface area is 170 Å². The minimum Gasteiger partial charge on any atom is -0.366 e. The molecule has 0 amide bonds. The third-order valence-electron chi connectivity index (χ3n) is 5.80. The van der Waals surface area contributed by atoms with E-state index in [0.29, 0.717) is 30.7 Å². The number of hydrogen-bond acceptors (Lipinski definition) is 4. The van der Waals surface area contributed by atoms with Crippen LogP contribution in [0.25, 0.3) is 11.0 Å². The van der Waals surface area contributed by atoms with Crippen LogP contribution in [0.15, 0.2) is 52.2 Å². The lowest BCUT2D eigenvalue weighted by molar-refractivity contribution is 0.342. The van der Waals surface area contributed by atoms with Crippen molar-refractivity contribution in [1.82, 2.24) is 13.4 Å². The molecule has 0 spiro atoms. The quantitative estimate of drug-likeness (QED) is 0.658. The van der Waals surface area contributed by atoms with E-state index in [1.807, 2.05) is 13.0 Å². The highest BCUT2D eigenvalue weighted by atomic mass is 32.2. The van der Waals surface area contributed by atoms with Gasteiger partial charge in [-0.05, 0) is 49.7 Å². The van der Waals surface area contributed by atoms with Gasteiger partial charge in [0.25, 0.3) is 0 Å². The topological polar surface area (TPSA) is 67.6 Å². The first-order valence-corrected chi connectivity index (χ1v) is 11.1. The number of piperazine rings is 1. The molecular formula is C21H26N4O3S. The van der Waals surface area contributed by atoms with Crippen molar-refractivity contribution in [2.45, 2.75) is 24.8 Å². The molecule has 0 radical (unpaired) electrons. The van der Waals surface area contributed by atoms with E-state index in [1.54, 1.807) is 36.6 Å². The fourth-order valence-corrected chi connectivity index (χ4v) is 5.66. The van der Waals surface area contributed by atoms with Crippen molar-refractivity contribution in [1.29, 1.82) is 0 Å². The Morgan fingerprint density at radius 3 is 2.38 bits per heavy atom. The van der Waals surface area contributed by atoms with Gasteiger partial charge in [0.05, 0.1) is 15.9 Å². The Morgan fingerprint density at radius 2 is 1.69 bits per heavy atom. The van der Waals surface area contributed by atoms with E-state index in [1.165, 1.54) is 14.7 Å². The number of benzene rings is 2. The van der Waals surface area contributed by atoms with Crippen LogP contribution in [-0.4, -0.2) is 47.5 Å². The predicted molar refractivity (Wildman–Crippen MR) is 115 cm³/mol. The molecule has 2 aromatic carbocycles. The molecule has 4 rings (SSSR count). The lowest BCUT2D eigenvalue weighted by Gasteiger charge is -2.40. The maximum absolute atomic E-state index is 13.3. The highest BCUT2D eigenvalue weighted by molar-refractivity contribution is 7.89. The van der Waals surface area contributed by atoms with E-state index in [-0.39, 0.29) is 16.6 Å². The molecule has 2 heterocycles. The van der Waals surface area contributed by atoms with Crippen molar-refractivity contribution in [2.24, 2.45) is 14.1 Å². The molecule has 0 bridgehead atoms. The third-order valence-corrected chi connectivity index (χ3v) is 7.67. The normalized spacial score (nSPS) is 18.5. The Kier molecular flexibility index (Phi) is 4.78. The van der Waals surface area contributed by atoms with Crippen molar-refractivity contribution in [3.8, 4) is 0 Å². The van der Waals surface area contributed by atoms with E-state index in [0.717, 1.165) is 5.69 Å². The molecule has 1 saturated heterocycles. The largest absolute Gasteiger partial charge is 0.366 e. The third kappa shape index (κ3) is 3.26. The maximum atomic E-state index is 13.3. The molecule has 1 aromatic heterocycles. The predicted octanol–water partition coefficient (Wildman–Crippen LogP) is 2.08. The Balaban J connectivity index is 1.63. The summed E-state index contributed by atoms with van der Waals surface area (Å²) in [5.74, 6) is 0. The van der Waals surface area contributed by atoms with Crippen molar-refractivity contribution < 1.29 is 8.42 Å². The molecule has 0 aliphatic carbocycles. The van der Waals surface area contributed by atoms with Gasteiger partial charge in [-0.3, -0.25) is 9.13 Å². The van der Waals surface area contributed by atoms with Gasteiger partial charge in [-0.1, -0.05) is 12.1 Å². The smallest absolute Gasteiger partial charge is 0.328 e. The molecule has 1 aliphatic rings. The Morgan fingerprint density at radius 1 is 0.966 bits per heavy atom. The Bertz CT molecular complexity index is 1240. The molecular weight excluding hydrogens is 388 g/mol. The van der Waals surface area contributed by atoms with Gasteiger partial charge in [-0.25, -0.2) is 13.2 Å². The average Bonchev–Trinajstić information content (AvgIpc) is 2.91. The lowest BCUT2D eigenvalue weighted by Crippen LogP contribution is -2.53. The van der Waals surface area contributed by atoms with Crippen LogP contribution in [0.2, 0.25) is 0 Å². The minimum atomic E-state index is -3.64. The Hall–Kier alpha value is -2.58. The first kappa shape index (κ1) is 19.7. The summed E-state index contributed by atoms with van der Waals surface area (Å²) in [6, 6.07) is 13.2. The van der Waals surface area contributed by atoms with E-state index in [4.69, 9.17) is 0 Å². The molecule has 154 valence electrons. The first-order valence-electron chi connectivity index (χ1n) is 9.69. The maximum Gasteiger partial charge on any atom is 0.328 e. The van der Waals surface area contributed by atoms with Crippen LogP contribution in [0.4, 0.5) is 5.69 Å². The molecule has 0 saturated carbocycles. The summed E-state index contributed by atoms with van der Waals surface area (Å²) in [6.07, 6.45) is 0. The van der Waals surface area contributed by atoms with Crippen LogP contribution in [-0.2, 0) is 24.1 Å². The molecule has 0 N–H and O–H groups in total. The summed E-state index contributed by atoms with van der Waals surface area (Å²) in [5.41, 5.74) is 3.47. The number of rotatable bonds is 3. The van der Waals surface area contributed by atoms with E-state index >= 15 is 0 Å². The van der Waals surface area contributed by atoms with Crippen molar-refractivity contribution in [3.05, 3.63) is 58.5 Å². The van der Waals surface area contributed by atoms with E-state index in [2.05, 4.69) is 30.0 Å². The van der Waals surface area contributed by atoms with Crippen LogP contribution in [0.3, 0.4) is 0 Å². The lowest BCUT2D eigenvalue weighted by atomic mass is 10.1. The van der Waals surface area contributed by atoms with Gasteiger partial charge in [-0.15, -0.1) is 0 Å². The average molecular weight is 415 g/mol. The molecule has 1 atom stereocenters. The zero-order valence-electron chi connectivity index (χ0n) is 17.2. The van der Waals surface area contributed by atoms with Gasteiger partial charge >= 0.3 is 5.69 Å². The SMILES string of the molecule is Cc1cccc(N2CCN(S(=O)(=O)c3ccc4c(c3)n(C)c(=O)n4C)C[C@H]2C)c1. The second-order valence-electron chi connectivity index (χ2n) is 7.80. The van der Waals surface area contributed by atoms with Crippen LogP contribution in [0, 0.1) is 6.92 Å². The first-order chi connectivity index (χ1) is 13.7. The second-order valence-corrected chi connectivity index (χ2v) is 9.73. The summed E-state index contributed by atoms with van der Waals surface area (Å²) < 4.78 is 31.1. The van der Waals surface area contributed by atoms with E-state index < -0.39 is 10.0 Å². The fourth-order valence-electron chi connectivity index (χ4n) is 4.13. The highest BCUT2D eigenvalue weighted by Gasteiger charge is 2.32. The van der Waals surface area contributed by atoms with Crippen LogP contribution in [0.1, 0.15) is 12.5 Å². The van der Waals surface area contributed by atoms with Gasteiger partial charge in [0.1, 0.15) is 0 Å². The standard InChI is InChI=1S/C21H26N4O3S/c1-15-6-5-7-17(12-15)25-11-10-24(14-16(25)2)29(27,28)18-8-9-19-20(13-18)23(4)21(26)22(19)3/h5-9,12-13,16H,10-11,14H2,1-4H3/t16-/m1/s1. The number of aromatic nitrogens is 2. The number of fused-ring (bicyclic) bond motifs is 1. The van der Waals surface area contributed by atoms with Gasteiger partial charge in [0.15, 0.2) is 0 Å². The number of sulfonamides is 1. The van der Waals surface area contributed by atoms with Gasteiger partial charge < -0.3 is 4.90 Å². The summed E-state index contributed by atoms with van der Waals surface area (Å²) in [6.45, 7) is 5.58. The van der Waals surface area contributed by atoms with Crippen LogP contribution < -0.4 is 10.6 Å². The van der Waals surface area contributed by atoms with Crippen LogP contribution in [0.5, 0.6) is 0 Å². The van der Waals surface area contributed by atoms with E-state index in [9.17, 15) is 13.2 Å². The molecule has 3 aromatic rings. The molecule has 1 fully saturated rings. The van der Waals surface area contributed by atoms with Crippen LogP contribution >= 0.6 is 0 Å². The van der Waals surface area contributed by atoms with Gasteiger partial charge in [-0.2, -0.15) is 4.31 Å². The number of aryl methyl sites for hydroxylation is 3. The number of hydrogen-bond donors (Lipinski definition) is 0. The molecule has 1 aliphatic heterocycles. The van der Waals surface area contributed by atoms with Crippen molar-refractivity contribution in [3.63, 3.8) is 0 Å². The molecule has 29 heavy (non-hydrogen) atoms. The molecule has 7 nitrogen and oxygen atoms in total. The molecule has 0 unspecified atom stereocenters. The molecule has 8 heteroatoms. The number of imidazole rings is 1. The minimum absolute atomic E-state index is 0.0603. The van der Waals surface area contributed by atoms with Gasteiger partial charge in [0, 0.05) is 45.5 Å². The zero-order valence-corrected chi connectivity index (χ0v) is 18.0. The second kappa shape index (κ2) is 7.03. The zero-order chi connectivity index (χ0) is 20.9. The number of nitrogens with zero attached hydrogens (tertiary/aromatic N) is 4.